The first kappa shape index (κ1) is 43.6. The van der Waals surface area contributed by atoms with Gasteiger partial charge in [0.15, 0.2) is 0 Å². The molecule has 0 radical (unpaired) electrons. The van der Waals surface area contributed by atoms with Crippen molar-refractivity contribution in [3.8, 4) is 0 Å². The average Bonchev–Trinajstić information content (AvgIpc) is 3.60. The molecule has 1 rings (SSSR count). The third kappa shape index (κ3) is 28.6. The molecule has 0 spiro atoms. The summed E-state index contributed by atoms with van der Waals surface area (Å²) >= 11 is 0. The zero-order valence-electron chi connectivity index (χ0n) is 31.4. The highest BCUT2D eigenvalue weighted by atomic mass is 16.5. The minimum atomic E-state index is -0.653. The molecule has 0 fully saturated rings. The number of allylic oxidation sites excluding steroid dienone is 8. The first-order valence-corrected chi connectivity index (χ1v) is 20.2. The second-order valence-electron chi connectivity index (χ2n) is 13.7. The predicted octanol–water partition coefficient (Wildman–Crippen LogP) is 12.6. The highest BCUT2D eigenvalue weighted by Gasteiger charge is 2.21. The summed E-state index contributed by atoms with van der Waals surface area (Å²) in [4.78, 5) is 19.9. The number of unbranched alkanes of at least 4 members (excludes halogenated alkanes) is 18. The van der Waals surface area contributed by atoms with Crippen LogP contribution in [0, 0.1) is 0 Å². The van der Waals surface area contributed by atoms with Gasteiger partial charge in [0.1, 0.15) is 12.1 Å². The maximum atomic E-state index is 12.8. The summed E-state index contributed by atoms with van der Waals surface area (Å²) in [5.74, 6) is -0.283. The van der Waals surface area contributed by atoms with Crippen molar-refractivity contribution in [1.82, 2.24) is 9.97 Å². The summed E-state index contributed by atoms with van der Waals surface area (Å²) in [5, 5.41) is 0. The molecule has 274 valence electrons. The fourth-order valence-electron chi connectivity index (χ4n) is 5.95. The second-order valence-corrected chi connectivity index (χ2v) is 13.7. The lowest BCUT2D eigenvalue weighted by Crippen LogP contribution is -2.37. The van der Waals surface area contributed by atoms with Crippen molar-refractivity contribution in [2.75, 3.05) is 0 Å². The van der Waals surface area contributed by atoms with Crippen LogP contribution in [0.5, 0.6) is 0 Å². The van der Waals surface area contributed by atoms with E-state index in [1.54, 1.807) is 12.5 Å². The molecular formula is C43H75N3O2. The molecular weight excluding hydrogens is 590 g/mol. The molecule has 1 aromatic heterocycles. The van der Waals surface area contributed by atoms with Gasteiger partial charge in [0.2, 0.25) is 0 Å². The maximum absolute atomic E-state index is 12.8. The zero-order chi connectivity index (χ0) is 34.6. The Labute approximate surface area is 296 Å². The molecule has 0 bridgehead atoms. The first-order valence-electron chi connectivity index (χ1n) is 20.2. The molecule has 0 unspecified atom stereocenters. The van der Waals surface area contributed by atoms with Crippen molar-refractivity contribution in [1.29, 1.82) is 0 Å². The number of esters is 1. The number of imidazole rings is 1. The van der Waals surface area contributed by atoms with Gasteiger partial charge < -0.3 is 15.5 Å². The molecule has 0 saturated heterocycles. The quantitative estimate of drug-likeness (QED) is 0.0436. The van der Waals surface area contributed by atoms with Crippen LogP contribution in [-0.2, 0) is 16.0 Å². The summed E-state index contributed by atoms with van der Waals surface area (Å²) in [6.45, 7) is 4.51. The van der Waals surface area contributed by atoms with Gasteiger partial charge in [0.05, 0.1) is 6.33 Å². The maximum Gasteiger partial charge on any atom is 0.323 e. The number of aromatic amines is 1. The predicted molar refractivity (Wildman–Crippen MR) is 208 cm³/mol. The van der Waals surface area contributed by atoms with E-state index in [0.717, 1.165) is 44.2 Å². The van der Waals surface area contributed by atoms with E-state index in [0.29, 0.717) is 6.42 Å². The number of rotatable bonds is 34. The van der Waals surface area contributed by atoms with E-state index in [9.17, 15) is 4.79 Å². The first-order chi connectivity index (χ1) is 23.7. The Hall–Kier alpha value is -2.40. The molecule has 0 saturated carbocycles. The van der Waals surface area contributed by atoms with Crippen LogP contribution in [0.4, 0.5) is 0 Å². The Morgan fingerprint density at radius 3 is 1.48 bits per heavy atom. The number of carbonyl (C=O) groups excluding carboxylic acids is 1. The Balaban J connectivity index is 2.21. The number of hydrogen-bond acceptors (Lipinski definition) is 4. The second kappa shape index (κ2) is 34.5. The van der Waals surface area contributed by atoms with Gasteiger partial charge in [-0.15, -0.1) is 0 Å². The average molecular weight is 666 g/mol. The van der Waals surface area contributed by atoms with E-state index in [2.05, 4.69) is 72.4 Å². The van der Waals surface area contributed by atoms with Crippen LogP contribution in [0.3, 0.4) is 0 Å². The molecule has 0 aliphatic rings. The molecule has 5 nitrogen and oxygen atoms in total. The van der Waals surface area contributed by atoms with Gasteiger partial charge >= 0.3 is 5.97 Å². The highest BCUT2D eigenvalue weighted by Crippen LogP contribution is 2.18. The summed E-state index contributed by atoms with van der Waals surface area (Å²) in [6.07, 6.45) is 54.0. The van der Waals surface area contributed by atoms with Gasteiger partial charge in [-0.3, -0.25) is 4.79 Å². The smallest absolute Gasteiger partial charge is 0.323 e. The van der Waals surface area contributed by atoms with Gasteiger partial charge in [-0.2, -0.15) is 0 Å². The number of aromatic nitrogens is 2. The molecule has 1 aromatic rings. The van der Waals surface area contributed by atoms with E-state index in [1.807, 2.05) is 0 Å². The Bertz CT molecular complexity index is 886. The lowest BCUT2D eigenvalue weighted by atomic mass is 10.0. The molecule has 0 aliphatic carbocycles. The minimum Gasteiger partial charge on any atom is -0.461 e. The monoisotopic (exact) mass is 666 g/mol. The normalized spacial score (nSPS) is 13.5. The molecule has 3 N–H and O–H groups in total. The van der Waals surface area contributed by atoms with Crippen LogP contribution in [-0.4, -0.2) is 28.1 Å². The number of nitrogens with zero attached hydrogens (tertiary/aromatic N) is 1. The van der Waals surface area contributed by atoms with Gasteiger partial charge in [0.25, 0.3) is 0 Å². The van der Waals surface area contributed by atoms with Crippen molar-refractivity contribution < 1.29 is 9.53 Å². The third-order valence-electron chi connectivity index (χ3n) is 9.03. The van der Waals surface area contributed by atoms with E-state index >= 15 is 0 Å². The van der Waals surface area contributed by atoms with Crippen molar-refractivity contribution in [2.45, 2.75) is 199 Å². The van der Waals surface area contributed by atoms with E-state index < -0.39 is 6.04 Å². The minimum absolute atomic E-state index is 0.0259. The lowest BCUT2D eigenvalue weighted by molar-refractivity contribution is -0.151. The SMILES string of the molecule is CCCCCC=CCC=CCCCCCCCCC(CCCCCCCCC=CCC=CCCCCC)OC(=O)[C@@H](N)Cc1cnc[nH]1. The highest BCUT2D eigenvalue weighted by molar-refractivity contribution is 5.76. The van der Waals surface area contributed by atoms with E-state index in [4.69, 9.17) is 10.5 Å². The van der Waals surface area contributed by atoms with E-state index in [1.165, 1.54) is 128 Å². The number of H-pyrrole nitrogens is 1. The van der Waals surface area contributed by atoms with Crippen molar-refractivity contribution >= 4 is 5.97 Å². The molecule has 0 aliphatic heterocycles. The summed E-state index contributed by atoms with van der Waals surface area (Å²) < 4.78 is 5.99. The van der Waals surface area contributed by atoms with Gasteiger partial charge in [-0.25, -0.2) is 4.98 Å². The van der Waals surface area contributed by atoms with Gasteiger partial charge in [-0.1, -0.05) is 140 Å². The van der Waals surface area contributed by atoms with Crippen LogP contribution in [0.1, 0.15) is 186 Å². The Kier molecular flexibility index (Phi) is 31.3. The zero-order valence-corrected chi connectivity index (χ0v) is 31.4. The van der Waals surface area contributed by atoms with Crippen molar-refractivity contribution in [3.05, 3.63) is 66.8 Å². The van der Waals surface area contributed by atoms with Crippen LogP contribution in [0.25, 0.3) is 0 Å². The number of nitrogens with one attached hydrogen (secondary N) is 1. The topological polar surface area (TPSA) is 81.0 Å². The third-order valence-corrected chi connectivity index (χ3v) is 9.03. The van der Waals surface area contributed by atoms with Crippen LogP contribution in [0.2, 0.25) is 0 Å². The molecule has 0 aromatic carbocycles. The fourth-order valence-corrected chi connectivity index (χ4v) is 5.95. The lowest BCUT2D eigenvalue weighted by Gasteiger charge is -2.20. The standard InChI is InChI=1S/C43H75N3O2/c1-3-5-7-9-11-13-15-17-19-21-23-25-27-29-31-33-35-41(48-43(47)42(44)37-40-38-45-39-46-40)36-34-32-30-28-26-24-22-20-18-16-14-12-10-8-6-4-2/h11-14,17-20,38-39,41-42H,3-10,15-16,21-37,44H2,1-2H3,(H,45,46)/t41?,42-/m0/s1. The van der Waals surface area contributed by atoms with Crippen molar-refractivity contribution in [3.63, 3.8) is 0 Å². The Morgan fingerprint density at radius 2 is 1.06 bits per heavy atom. The van der Waals surface area contributed by atoms with Crippen LogP contribution >= 0.6 is 0 Å². The largest absolute Gasteiger partial charge is 0.461 e. The molecule has 1 atom stereocenters. The van der Waals surface area contributed by atoms with Crippen LogP contribution in [0.15, 0.2) is 61.1 Å². The number of ether oxygens (including phenoxy) is 1. The molecule has 48 heavy (non-hydrogen) atoms. The fraction of sp³-hybridized carbons (Fsp3) is 0.721. The van der Waals surface area contributed by atoms with Crippen molar-refractivity contribution in [2.24, 2.45) is 5.73 Å². The van der Waals surface area contributed by atoms with Gasteiger partial charge in [0, 0.05) is 18.3 Å². The molecule has 5 heteroatoms. The van der Waals surface area contributed by atoms with Crippen LogP contribution < -0.4 is 5.73 Å². The number of hydrogen-bond donors (Lipinski definition) is 2. The molecule has 0 amide bonds. The Morgan fingerprint density at radius 1 is 0.646 bits per heavy atom. The summed E-state index contributed by atoms with van der Waals surface area (Å²) in [7, 11) is 0. The molecule has 1 heterocycles. The summed E-state index contributed by atoms with van der Waals surface area (Å²) in [6, 6.07) is -0.653. The van der Waals surface area contributed by atoms with Gasteiger partial charge in [-0.05, 0) is 89.9 Å². The number of nitrogens with two attached hydrogens (primary N) is 1. The summed E-state index contributed by atoms with van der Waals surface area (Å²) in [5.41, 5.74) is 7.07. The van der Waals surface area contributed by atoms with E-state index in [-0.39, 0.29) is 12.1 Å². The number of carbonyl (C=O) groups is 1.